The fraction of sp³-hybridized carbons (Fsp3) is 0.0833. The third-order valence-corrected chi connectivity index (χ3v) is 2.12. The molecule has 0 radical (unpaired) electrons. The second-order valence-electron chi connectivity index (χ2n) is 3.06. The van der Waals surface area contributed by atoms with Crippen molar-refractivity contribution in [3.8, 4) is 0 Å². The number of hydrogen-bond acceptors (Lipinski definition) is 2. The summed E-state index contributed by atoms with van der Waals surface area (Å²) in [6, 6.07) is 10.1. The van der Waals surface area contributed by atoms with Crippen LogP contribution < -0.4 is 5.73 Å². The third-order valence-electron chi connectivity index (χ3n) is 2.12. The first kappa shape index (κ1) is 8.91. The lowest BCUT2D eigenvalue weighted by molar-refractivity contribution is 1.26. The van der Waals surface area contributed by atoms with Crippen molar-refractivity contribution in [3.05, 3.63) is 48.2 Å². The second-order valence-corrected chi connectivity index (χ2v) is 3.06. The summed E-state index contributed by atoms with van der Waals surface area (Å²) in [5.74, 6) is 0. The minimum Gasteiger partial charge on any atom is -0.327 e. The number of benzene rings is 1. The zero-order valence-corrected chi connectivity index (χ0v) is 7.85. The van der Waals surface area contributed by atoms with Crippen molar-refractivity contribution in [1.29, 1.82) is 0 Å². The monoisotopic (exact) mass is 184 g/mol. The van der Waals surface area contributed by atoms with Gasteiger partial charge in [0, 0.05) is 18.1 Å². The van der Waals surface area contributed by atoms with Gasteiger partial charge < -0.3 is 5.73 Å². The molecule has 2 rings (SSSR count). The zero-order chi connectivity index (χ0) is 9.80. The second kappa shape index (κ2) is 4.03. The third kappa shape index (κ3) is 1.65. The Hall–Kier alpha value is -1.67. The molecular weight excluding hydrogens is 172 g/mol. The highest BCUT2D eigenvalue weighted by atomic mass is 14.6. The fourth-order valence-corrected chi connectivity index (χ4v) is 1.46. The maximum absolute atomic E-state index is 5.42. The Labute approximate surface area is 83.1 Å². The number of nitrogens with two attached hydrogens (primary N) is 1. The SMILES string of the molecule is NCC=Cc1ccnc2ccccc12. The molecule has 2 heteroatoms. The molecule has 1 aromatic heterocycles. The van der Waals surface area contributed by atoms with Crippen LogP contribution in [0.15, 0.2) is 42.6 Å². The van der Waals surface area contributed by atoms with Crippen LogP contribution in [0.1, 0.15) is 5.56 Å². The van der Waals surface area contributed by atoms with Crippen molar-refractivity contribution in [2.75, 3.05) is 6.54 Å². The van der Waals surface area contributed by atoms with Crippen molar-refractivity contribution in [3.63, 3.8) is 0 Å². The molecule has 0 amide bonds. The minimum atomic E-state index is 0.566. The fourth-order valence-electron chi connectivity index (χ4n) is 1.46. The van der Waals surface area contributed by atoms with E-state index in [4.69, 9.17) is 5.73 Å². The number of para-hydroxylation sites is 1. The average Bonchev–Trinajstić information content (AvgIpc) is 2.26. The molecule has 14 heavy (non-hydrogen) atoms. The summed E-state index contributed by atoms with van der Waals surface area (Å²) in [5.41, 5.74) is 7.61. The van der Waals surface area contributed by atoms with Crippen molar-refractivity contribution in [2.24, 2.45) is 5.73 Å². The van der Waals surface area contributed by atoms with Gasteiger partial charge in [-0.25, -0.2) is 0 Å². The smallest absolute Gasteiger partial charge is 0.0707 e. The molecule has 0 saturated heterocycles. The molecular formula is C12H12N2. The van der Waals surface area contributed by atoms with Gasteiger partial charge in [-0.2, -0.15) is 0 Å². The van der Waals surface area contributed by atoms with Crippen LogP contribution in [0, 0.1) is 0 Å². The summed E-state index contributed by atoms with van der Waals surface area (Å²) < 4.78 is 0. The van der Waals surface area contributed by atoms with Gasteiger partial charge in [-0.15, -0.1) is 0 Å². The summed E-state index contributed by atoms with van der Waals surface area (Å²) in [5, 5.41) is 1.17. The topological polar surface area (TPSA) is 38.9 Å². The normalized spacial score (nSPS) is 11.2. The molecule has 2 nitrogen and oxygen atoms in total. The lowest BCUT2D eigenvalue weighted by atomic mass is 10.1. The Kier molecular flexibility index (Phi) is 2.56. The molecule has 0 atom stereocenters. The van der Waals surface area contributed by atoms with Crippen molar-refractivity contribution in [2.45, 2.75) is 0 Å². The van der Waals surface area contributed by atoms with Crippen LogP contribution >= 0.6 is 0 Å². The van der Waals surface area contributed by atoms with Gasteiger partial charge in [0.25, 0.3) is 0 Å². The van der Waals surface area contributed by atoms with Crippen LogP contribution in [-0.4, -0.2) is 11.5 Å². The molecule has 0 fully saturated rings. The van der Waals surface area contributed by atoms with Crippen molar-refractivity contribution in [1.82, 2.24) is 4.98 Å². The average molecular weight is 184 g/mol. The summed E-state index contributed by atoms with van der Waals surface area (Å²) in [7, 11) is 0. The van der Waals surface area contributed by atoms with E-state index < -0.39 is 0 Å². The molecule has 0 unspecified atom stereocenters. The van der Waals surface area contributed by atoms with Crippen molar-refractivity contribution < 1.29 is 0 Å². The van der Waals surface area contributed by atoms with Gasteiger partial charge in [0.1, 0.15) is 0 Å². The van der Waals surface area contributed by atoms with Crippen LogP contribution in [0.4, 0.5) is 0 Å². The predicted molar refractivity (Wildman–Crippen MR) is 59.8 cm³/mol. The lowest BCUT2D eigenvalue weighted by Crippen LogP contribution is -1.92. The first-order chi connectivity index (χ1) is 6.92. The highest BCUT2D eigenvalue weighted by Crippen LogP contribution is 2.16. The van der Waals surface area contributed by atoms with Gasteiger partial charge in [-0.3, -0.25) is 4.98 Å². The first-order valence-electron chi connectivity index (χ1n) is 4.62. The van der Waals surface area contributed by atoms with E-state index in [-0.39, 0.29) is 0 Å². The molecule has 2 aromatic rings. The lowest BCUT2D eigenvalue weighted by Gasteiger charge is -2.00. The van der Waals surface area contributed by atoms with E-state index in [9.17, 15) is 0 Å². The van der Waals surface area contributed by atoms with E-state index in [1.807, 2.05) is 42.6 Å². The Bertz CT molecular complexity index is 455. The van der Waals surface area contributed by atoms with Crippen LogP contribution in [0.2, 0.25) is 0 Å². The van der Waals surface area contributed by atoms with Gasteiger partial charge in [-0.1, -0.05) is 30.4 Å². The highest BCUT2D eigenvalue weighted by Gasteiger charge is 1.96. The van der Waals surface area contributed by atoms with Gasteiger partial charge in [0.05, 0.1) is 5.52 Å². The quantitative estimate of drug-likeness (QED) is 0.777. The van der Waals surface area contributed by atoms with E-state index in [1.165, 1.54) is 10.9 Å². The summed E-state index contributed by atoms with van der Waals surface area (Å²) >= 11 is 0. The van der Waals surface area contributed by atoms with E-state index >= 15 is 0 Å². The van der Waals surface area contributed by atoms with Crippen molar-refractivity contribution >= 4 is 17.0 Å². The summed E-state index contributed by atoms with van der Waals surface area (Å²) in [6.07, 6.45) is 5.80. The largest absolute Gasteiger partial charge is 0.327 e. The molecule has 1 aromatic carbocycles. The maximum atomic E-state index is 5.42. The Morgan fingerprint density at radius 2 is 2.07 bits per heavy atom. The van der Waals surface area contributed by atoms with E-state index in [0.717, 1.165) is 5.52 Å². The maximum Gasteiger partial charge on any atom is 0.0707 e. The van der Waals surface area contributed by atoms with Crippen LogP contribution in [0.25, 0.3) is 17.0 Å². The van der Waals surface area contributed by atoms with E-state index in [1.54, 1.807) is 0 Å². The van der Waals surface area contributed by atoms with Gasteiger partial charge in [0.15, 0.2) is 0 Å². The molecule has 0 aliphatic carbocycles. The van der Waals surface area contributed by atoms with Gasteiger partial charge in [-0.05, 0) is 17.7 Å². The molecule has 2 N–H and O–H groups in total. The Morgan fingerprint density at radius 1 is 1.21 bits per heavy atom. The molecule has 0 saturated carbocycles. The number of pyridine rings is 1. The number of aromatic nitrogens is 1. The number of fused-ring (bicyclic) bond motifs is 1. The predicted octanol–water partition coefficient (Wildman–Crippen LogP) is 2.21. The van der Waals surface area contributed by atoms with E-state index in [2.05, 4.69) is 11.1 Å². The molecule has 0 aliphatic rings. The van der Waals surface area contributed by atoms with Crippen LogP contribution in [0.3, 0.4) is 0 Å². The minimum absolute atomic E-state index is 0.566. The molecule has 0 spiro atoms. The van der Waals surface area contributed by atoms with Crippen LogP contribution in [-0.2, 0) is 0 Å². The Morgan fingerprint density at radius 3 is 2.93 bits per heavy atom. The number of hydrogen-bond donors (Lipinski definition) is 1. The van der Waals surface area contributed by atoms with Gasteiger partial charge >= 0.3 is 0 Å². The van der Waals surface area contributed by atoms with Crippen LogP contribution in [0.5, 0.6) is 0 Å². The summed E-state index contributed by atoms with van der Waals surface area (Å²) in [4.78, 5) is 4.28. The molecule has 1 heterocycles. The molecule has 0 aliphatic heterocycles. The summed E-state index contributed by atoms with van der Waals surface area (Å²) in [6.45, 7) is 0.566. The molecule has 70 valence electrons. The van der Waals surface area contributed by atoms with Gasteiger partial charge in [0.2, 0.25) is 0 Å². The zero-order valence-electron chi connectivity index (χ0n) is 7.85. The van der Waals surface area contributed by atoms with E-state index in [0.29, 0.717) is 6.54 Å². The standard InChI is InChI=1S/C12H12N2/c13-8-3-4-10-7-9-14-12-6-2-1-5-11(10)12/h1-7,9H,8,13H2. The number of nitrogens with zero attached hydrogens (tertiary/aromatic N) is 1. The number of rotatable bonds is 2. The Balaban J connectivity index is 2.59. The molecule has 0 bridgehead atoms. The highest BCUT2D eigenvalue weighted by molar-refractivity contribution is 5.87. The first-order valence-corrected chi connectivity index (χ1v) is 4.62.